The largest absolute Gasteiger partial charge is 0.398 e. The number of thiazole rings is 1. The van der Waals surface area contributed by atoms with Gasteiger partial charge in [0.1, 0.15) is 5.01 Å². The van der Waals surface area contributed by atoms with Gasteiger partial charge in [-0.1, -0.05) is 0 Å². The Kier molecular flexibility index (Phi) is 3.58. The maximum Gasteiger partial charge on any atom is 0.109 e. The Morgan fingerprint density at radius 3 is 2.94 bits per heavy atom. The molecule has 3 N–H and O–H groups in total. The first-order chi connectivity index (χ1) is 7.66. The van der Waals surface area contributed by atoms with E-state index in [9.17, 15) is 0 Å². The Morgan fingerprint density at radius 2 is 2.38 bits per heavy atom. The summed E-state index contributed by atoms with van der Waals surface area (Å²) >= 11 is 3.42. The third-order valence-electron chi connectivity index (χ3n) is 2.36. The van der Waals surface area contributed by atoms with Crippen LogP contribution in [-0.4, -0.2) is 4.98 Å². The lowest BCUT2D eigenvalue weighted by atomic mass is 10.3. The van der Waals surface area contributed by atoms with Gasteiger partial charge < -0.3 is 11.1 Å². The van der Waals surface area contributed by atoms with Gasteiger partial charge in [0.05, 0.1) is 6.04 Å². The van der Waals surface area contributed by atoms with Gasteiger partial charge in [0.25, 0.3) is 0 Å². The highest BCUT2D eigenvalue weighted by atomic mass is 32.1. The number of nitrogens with zero attached hydrogens (tertiary/aromatic N) is 1. The lowest BCUT2D eigenvalue weighted by Crippen LogP contribution is -2.17. The van der Waals surface area contributed by atoms with E-state index in [-0.39, 0.29) is 6.04 Å². The molecule has 0 aliphatic rings. The Hall–Kier alpha value is -0.910. The second-order valence-corrected chi connectivity index (χ2v) is 5.98. The van der Waals surface area contributed by atoms with E-state index in [1.807, 2.05) is 17.6 Å². The maximum absolute atomic E-state index is 5.83. The molecule has 0 bridgehead atoms. The zero-order valence-electron chi connectivity index (χ0n) is 9.36. The summed E-state index contributed by atoms with van der Waals surface area (Å²) in [5.74, 6) is 0. The molecule has 86 valence electrons. The van der Waals surface area contributed by atoms with Gasteiger partial charge in [-0.15, -0.1) is 22.7 Å². The van der Waals surface area contributed by atoms with E-state index < -0.39 is 0 Å². The summed E-state index contributed by atoms with van der Waals surface area (Å²) in [6.07, 6.45) is 1.91. The molecule has 0 radical (unpaired) electrons. The van der Waals surface area contributed by atoms with Crippen molar-refractivity contribution in [3.05, 3.63) is 32.4 Å². The first-order valence-corrected chi connectivity index (χ1v) is 6.84. The van der Waals surface area contributed by atoms with Crippen LogP contribution < -0.4 is 11.1 Å². The Bertz CT molecular complexity index is 461. The number of hydrogen-bond donors (Lipinski definition) is 2. The van der Waals surface area contributed by atoms with E-state index >= 15 is 0 Å². The fraction of sp³-hybridized carbons (Fsp3) is 0.364. The number of nitrogens with one attached hydrogen (secondary N) is 1. The van der Waals surface area contributed by atoms with Gasteiger partial charge in [0.2, 0.25) is 0 Å². The van der Waals surface area contributed by atoms with E-state index in [1.165, 1.54) is 9.75 Å². The minimum absolute atomic E-state index is 0.278. The number of aryl methyl sites for hydroxylation is 1. The molecule has 0 fully saturated rings. The van der Waals surface area contributed by atoms with Gasteiger partial charge >= 0.3 is 0 Å². The molecule has 2 heterocycles. The monoisotopic (exact) mass is 253 g/mol. The van der Waals surface area contributed by atoms with Crippen LogP contribution in [0.25, 0.3) is 0 Å². The summed E-state index contributed by atoms with van der Waals surface area (Å²) in [5.41, 5.74) is 6.70. The molecule has 0 aliphatic carbocycles. The zero-order valence-corrected chi connectivity index (χ0v) is 11.0. The minimum atomic E-state index is 0.278. The summed E-state index contributed by atoms with van der Waals surface area (Å²) in [6.45, 7) is 5.01. The van der Waals surface area contributed by atoms with Crippen LogP contribution in [0, 0.1) is 6.92 Å². The van der Waals surface area contributed by atoms with E-state index in [0.29, 0.717) is 0 Å². The van der Waals surface area contributed by atoms with Crippen LogP contribution in [0.2, 0.25) is 0 Å². The average Bonchev–Trinajstić information content (AvgIpc) is 2.84. The third-order valence-corrected chi connectivity index (χ3v) is 4.39. The summed E-state index contributed by atoms with van der Waals surface area (Å²) in [4.78, 5) is 6.81. The van der Waals surface area contributed by atoms with Crippen LogP contribution >= 0.6 is 22.7 Å². The summed E-state index contributed by atoms with van der Waals surface area (Å²) in [7, 11) is 0. The molecule has 2 rings (SSSR count). The number of nitrogens with two attached hydrogens (primary N) is 1. The molecule has 0 aliphatic heterocycles. The Labute approximate surface area is 103 Å². The van der Waals surface area contributed by atoms with Crippen LogP contribution in [0.3, 0.4) is 0 Å². The summed E-state index contributed by atoms with van der Waals surface area (Å²) < 4.78 is 0. The summed E-state index contributed by atoms with van der Waals surface area (Å²) in [6, 6.07) is 2.22. The van der Waals surface area contributed by atoms with Crippen molar-refractivity contribution >= 4 is 28.4 Å². The zero-order chi connectivity index (χ0) is 11.5. The molecule has 1 unspecified atom stereocenters. The number of aromatic nitrogens is 1. The van der Waals surface area contributed by atoms with Gasteiger partial charge in [-0.05, 0) is 25.3 Å². The molecule has 3 nitrogen and oxygen atoms in total. The number of thiophene rings is 1. The third kappa shape index (κ3) is 2.61. The van der Waals surface area contributed by atoms with Crippen LogP contribution in [0.4, 0.5) is 5.69 Å². The second kappa shape index (κ2) is 4.95. The molecule has 0 saturated heterocycles. The quantitative estimate of drug-likeness (QED) is 0.881. The lowest BCUT2D eigenvalue weighted by Gasteiger charge is -2.10. The molecular weight excluding hydrogens is 238 g/mol. The average molecular weight is 253 g/mol. The normalized spacial score (nSPS) is 12.9. The molecular formula is C11H15N3S2. The number of rotatable bonds is 4. The molecule has 5 heteroatoms. The molecule has 0 saturated carbocycles. The Balaban J connectivity index is 1.93. The summed E-state index contributed by atoms with van der Waals surface area (Å²) in [5, 5.41) is 6.58. The van der Waals surface area contributed by atoms with Crippen molar-refractivity contribution in [1.29, 1.82) is 0 Å². The molecule has 2 aromatic rings. The van der Waals surface area contributed by atoms with E-state index in [0.717, 1.165) is 17.2 Å². The van der Waals surface area contributed by atoms with Crippen molar-refractivity contribution < 1.29 is 0 Å². The first-order valence-electron chi connectivity index (χ1n) is 5.14. The molecule has 2 aromatic heterocycles. The predicted molar refractivity (Wildman–Crippen MR) is 70.8 cm³/mol. The standard InChI is InChI=1S/C11H15N3S2/c1-7-5-14-11(16-7)8(2)13-6-10-9(12)3-4-15-10/h3-5,8,13H,6,12H2,1-2H3. The fourth-order valence-corrected chi connectivity index (χ4v) is 2.95. The SMILES string of the molecule is Cc1cnc(C(C)NCc2sccc2N)s1. The van der Waals surface area contributed by atoms with Crippen molar-refractivity contribution in [3.63, 3.8) is 0 Å². The van der Waals surface area contributed by atoms with E-state index in [2.05, 4.69) is 24.1 Å². The van der Waals surface area contributed by atoms with Crippen LogP contribution in [0.1, 0.15) is 27.7 Å². The molecule has 0 aromatic carbocycles. The van der Waals surface area contributed by atoms with E-state index in [1.54, 1.807) is 22.7 Å². The van der Waals surface area contributed by atoms with Gasteiger partial charge in [-0.2, -0.15) is 0 Å². The molecule has 16 heavy (non-hydrogen) atoms. The Morgan fingerprint density at radius 1 is 1.56 bits per heavy atom. The van der Waals surface area contributed by atoms with Crippen molar-refractivity contribution in [2.45, 2.75) is 26.4 Å². The predicted octanol–water partition coefficient (Wildman–Crippen LogP) is 2.95. The van der Waals surface area contributed by atoms with Crippen molar-refractivity contribution in [2.24, 2.45) is 0 Å². The molecule has 0 amide bonds. The number of hydrogen-bond acceptors (Lipinski definition) is 5. The number of nitrogen functional groups attached to an aromatic ring is 1. The van der Waals surface area contributed by atoms with Gasteiger partial charge in [-0.3, -0.25) is 0 Å². The molecule has 1 atom stereocenters. The highest BCUT2D eigenvalue weighted by molar-refractivity contribution is 7.11. The van der Waals surface area contributed by atoms with Gasteiger partial charge in [-0.25, -0.2) is 4.98 Å². The second-order valence-electron chi connectivity index (χ2n) is 3.71. The van der Waals surface area contributed by atoms with Gasteiger partial charge in [0, 0.05) is 28.2 Å². The smallest absolute Gasteiger partial charge is 0.109 e. The van der Waals surface area contributed by atoms with Crippen LogP contribution in [0.5, 0.6) is 0 Å². The van der Waals surface area contributed by atoms with Crippen LogP contribution in [-0.2, 0) is 6.54 Å². The fourth-order valence-electron chi connectivity index (χ4n) is 1.40. The van der Waals surface area contributed by atoms with Gasteiger partial charge in [0.15, 0.2) is 0 Å². The van der Waals surface area contributed by atoms with Crippen molar-refractivity contribution in [1.82, 2.24) is 10.3 Å². The molecule has 0 spiro atoms. The highest BCUT2D eigenvalue weighted by Crippen LogP contribution is 2.22. The van der Waals surface area contributed by atoms with Crippen molar-refractivity contribution in [2.75, 3.05) is 5.73 Å². The maximum atomic E-state index is 5.83. The number of anilines is 1. The van der Waals surface area contributed by atoms with Crippen LogP contribution in [0.15, 0.2) is 17.6 Å². The topological polar surface area (TPSA) is 50.9 Å². The first kappa shape index (κ1) is 11.6. The van der Waals surface area contributed by atoms with E-state index in [4.69, 9.17) is 5.73 Å². The van der Waals surface area contributed by atoms with Crippen molar-refractivity contribution in [3.8, 4) is 0 Å². The lowest BCUT2D eigenvalue weighted by molar-refractivity contribution is 0.576. The minimum Gasteiger partial charge on any atom is -0.398 e. The highest BCUT2D eigenvalue weighted by Gasteiger charge is 2.09.